The summed E-state index contributed by atoms with van der Waals surface area (Å²) in [6, 6.07) is 6.47. The van der Waals surface area contributed by atoms with E-state index in [-0.39, 0.29) is 0 Å². The fraction of sp³-hybridized carbons (Fsp3) is 0.571. The SMILES string of the molecule is CC1CCCCCN1Cc1ccc(O)c(Br)c1. The lowest BCUT2D eigenvalue weighted by atomic mass is 10.1. The highest BCUT2D eigenvalue weighted by Gasteiger charge is 2.17. The standard InChI is InChI=1S/C14H20BrNO/c1-11-5-3-2-4-8-16(11)10-12-6-7-14(17)13(15)9-12/h6-7,9,11,17H,2-5,8,10H2,1H3. The van der Waals surface area contributed by atoms with Crippen molar-refractivity contribution in [3.05, 3.63) is 28.2 Å². The zero-order valence-corrected chi connectivity index (χ0v) is 11.9. The second kappa shape index (κ2) is 5.87. The topological polar surface area (TPSA) is 23.5 Å². The molecule has 0 aliphatic carbocycles. The summed E-state index contributed by atoms with van der Waals surface area (Å²) < 4.78 is 0.789. The minimum absolute atomic E-state index is 0.317. The number of rotatable bonds is 2. The first-order valence-corrected chi connectivity index (χ1v) is 7.17. The van der Waals surface area contributed by atoms with Crippen LogP contribution < -0.4 is 0 Å². The summed E-state index contributed by atoms with van der Waals surface area (Å²) in [6.07, 6.45) is 5.33. The van der Waals surface area contributed by atoms with Gasteiger partial charge in [0.25, 0.3) is 0 Å². The molecule has 1 heterocycles. The van der Waals surface area contributed by atoms with E-state index in [0.29, 0.717) is 11.8 Å². The molecule has 17 heavy (non-hydrogen) atoms. The number of phenolic OH excluding ortho intramolecular Hbond substituents is 1. The van der Waals surface area contributed by atoms with Crippen LogP contribution in [-0.4, -0.2) is 22.6 Å². The molecule has 1 N–H and O–H groups in total. The van der Waals surface area contributed by atoms with Crippen LogP contribution in [0.5, 0.6) is 5.75 Å². The maximum Gasteiger partial charge on any atom is 0.129 e. The summed E-state index contributed by atoms with van der Waals surface area (Å²) >= 11 is 3.37. The van der Waals surface area contributed by atoms with E-state index in [1.54, 1.807) is 6.07 Å². The third-order valence-corrected chi connectivity index (χ3v) is 4.22. The normalized spacial score (nSPS) is 22.4. The molecule has 0 bridgehead atoms. The lowest BCUT2D eigenvalue weighted by molar-refractivity contribution is 0.205. The number of nitrogens with zero attached hydrogens (tertiary/aromatic N) is 1. The Morgan fingerprint density at radius 3 is 2.94 bits per heavy atom. The van der Waals surface area contributed by atoms with E-state index in [9.17, 15) is 5.11 Å². The van der Waals surface area contributed by atoms with Gasteiger partial charge in [0.15, 0.2) is 0 Å². The van der Waals surface area contributed by atoms with Crippen LogP contribution >= 0.6 is 15.9 Å². The van der Waals surface area contributed by atoms with Crippen molar-refractivity contribution in [3.8, 4) is 5.75 Å². The number of aromatic hydroxyl groups is 1. The van der Waals surface area contributed by atoms with Crippen molar-refractivity contribution in [1.29, 1.82) is 0 Å². The van der Waals surface area contributed by atoms with E-state index in [0.717, 1.165) is 11.0 Å². The van der Waals surface area contributed by atoms with E-state index >= 15 is 0 Å². The summed E-state index contributed by atoms with van der Waals surface area (Å²) in [4.78, 5) is 2.55. The Labute approximate surface area is 112 Å². The molecule has 1 aliphatic heterocycles. The maximum atomic E-state index is 9.49. The predicted molar refractivity (Wildman–Crippen MR) is 74.1 cm³/mol. The molecule has 1 aromatic carbocycles. The molecule has 0 radical (unpaired) electrons. The molecule has 1 saturated heterocycles. The Hall–Kier alpha value is -0.540. The monoisotopic (exact) mass is 297 g/mol. The van der Waals surface area contributed by atoms with Gasteiger partial charge in [0.05, 0.1) is 4.47 Å². The molecule has 3 heteroatoms. The Morgan fingerprint density at radius 2 is 2.18 bits per heavy atom. The van der Waals surface area contributed by atoms with Crippen molar-refractivity contribution in [2.75, 3.05) is 6.54 Å². The number of hydrogen-bond acceptors (Lipinski definition) is 2. The third-order valence-electron chi connectivity index (χ3n) is 3.59. The van der Waals surface area contributed by atoms with E-state index in [4.69, 9.17) is 0 Å². The van der Waals surface area contributed by atoms with Crippen LogP contribution in [0.15, 0.2) is 22.7 Å². The average molecular weight is 298 g/mol. The average Bonchev–Trinajstić information content (AvgIpc) is 2.50. The predicted octanol–water partition coefficient (Wildman–Crippen LogP) is 3.92. The number of hydrogen-bond donors (Lipinski definition) is 1. The first kappa shape index (κ1) is 12.9. The van der Waals surface area contributed by atoms with Crippen LogP contribution in [-0.2, 0) is 6.54 Å². The zero-order chi connectivity index (χ0) is 12.3. The van der Waals surface area contributed by atoms with Gasteiger partial charge >= 0.3 is 0 Å². The van der Waals surface area contributed by atoms with Gasteiger partial charge in [-0.1, -0.05) is 18.9 Å². The van der Waals surface area contributed by atoms with Gasteiger partial charge < -0.3 is 5.11 Å². The van der Waals surface area contributed by atoms with E-state index in [1.807, 2.05) is 12.1 Å². The quantitative estimate of drug-likeness (QED) is 0.894. The van der Waals surface area contributed by atoms with Crippen LogP contribution in [0.4, 0.5) is 0 Å². The summed E-state index contributed by atoms with van der Waals surface area (Å²) in [5, 5.41) is 9.49. The van der Waals surface area contributed by atoms with Crippen LogP contribution in [0.2, 0.25) is 0 Å². The van der Waals surface area contributed by atoms with Crippen molar-refractivity contribution >= 4 is 15.9 Å². The van der Waals surface area contributed by atoms with Crippen molar-refractivity contribution in [2.24, 2.45) is 0 Å². The van der Waals surface area contributed by atoms with Crippen molar-refractivity contribution in [2.45, 2.75) is 45.2 Å². The Kier molecular flexibility index (Phi) is 4.46. The fourth-order valence-corrected chi connectivity index (χ4v) is 2.88. The Balaban J connectivity index is 2.05. The minimum atomic E-state index is 0.317. The first-order chi connectivity index (χ1) is 8.16. The Morgan fingerprint density at radius 1 is 1.35 bits per heavy atom. The summed E-state index contributed by atoms with van der Waals surface area (Å²) in [5.74, 6) is 0.317. The van der Waals surface area contributed by atoms with Gasteiger partial charge in [0, 0.05) is 12.6 Å². The number of phenols is 1. The molecule has 1 aliphatic rings. The molecule has 0 spiro atoms. The molecule has 94 valence electrons. The van der Waals surface area contributed by atoms with Gasteiger partial charge in [-0.25, -0.2) is 0 Å². The molecular weight excluding hydrogens is 278 g/mol. The van der Waals surface area contributed by atoms with Crippen molar-refractivity contribution in [3.63, 3.8) is 0 Å². The molecule has 2 rings (SSSR count). The van der Waals surface area contributed by atoms with Gasteiger partial charge in [0.2, 0.25) is 0 Å². The molecule has 1 atom stereocenters. The molecular formula is C14H20BrNO. The lowest BCUT2D eigenvalue weighted by Crippen LogP contribution is -2.31. The van der Waals surface area contributed by atoms with Crippen LogP contribution in [0.1, 0.15) is 38.2 Å². The summed E-state index contributed by atoms with van der Waals surface area (Å²) in [6.45, 7) is 4.50. The van der Waals surface area contributed by atoms with E-state index in [2.05, 4.69) is 27.8 Å². The highest BCUT2D eigenvalue weighted by molar-refractivity contribution is 9.10. The molecule has 1 fully saturated rings. The second-order valence-electron chi connectivity index (χ2n) is 4.95. The Bertz CT molecular complexity index is 380. The van der Waals surface area contributed by atoms with Crippen molar-refractivity contribution in [1.82, 2.24) is 4.90 Å². The molecule has 1 aromatic rings. The molecule has 0 aromatic heterocycles. The highest BCUT2D eigenvalue weighted by atomic mass is 79.9. The zero-order valence-electron chi connectivity index (χ0n) is 10.3. The summed E-state index contributed by atoms with van der Waals surface area (Å²) in [7, 11) is 0. The maximum absolute atomic E-state index is 9.49. The minimum Gasteiger partial charge on any atom is -0.507 e. The molecule has 2 nitrogen and oxygen atoms in total. The molecule has 1 unspecified atom stereocenters. The highest BCUT2D eigenvalue weighted by Crippen LogP contribution is 2.26. The number of likely N-dealkylation sites (tertiary alicyclic amines) is 1. The smallest absolute Gasteiger partial charge is 0.129 e. The number of halogens is 1. The van der Waals surface area contributed by atoms with Gasteiger partial charge in [0.1, 0.15) is 5.75 Å². The first-order valence-electron chi connectivity index (χ1n) is 6.38. The summed E-state index contributed by atoms with van der Waals surface area (Å²) in [5.41, 5.74) is 1.27. The van der Waals surface area contributed by atoms with Crippen molar-refractivity contribution < 1.29 is 5.11 Å². The van der Waals surface area contributed by atoms with Crippen LogP contribution in [0.25, 0.3) is 0 Å². The van der Waals surface area contributed by atoms with Gasteiger partial charge in [-0.3, -0.25) is 4.90 Å². The van der Waals surface area contributed by atoms with Gasteiger partial charge in [-0.15, -0.1) is 0 Å². The molecule has 0 saturated carbocycles. The van der Waals surface area contributed by atoms with Crippen LogP contribution in [0.3, 0.4) is 0 Å². The largest absolute Gasteiger partial charge is 0.507 e. The van der Waals surface area contributed by atoms with E-state index in [1.165, 1.54) is 37.8 Å². The van der Waals surface area contributed by atoms with E-state index < -0.39 is 0 Å². The third kappa shape index (κ3) is 3.46. The van der Waals surface area contributed by atoms with Gasteiger partial charge in [-0.05, 0) is 59.9 Å². The lowest BCUT2D eigenvalue weighted by Gasteiger charge is -2.27. The van der Waals surface area contributed by atoms with Gasteiger partial charge in [-0.2, -0.15) is 0 Å². The number of benzene rings is 1. The van der Waals surface area contributed by atoms with Crippen LogP contribution in [0, 0.1) is 0 Å². The molecule has 0 amide bonds. The fourth-order valence-electron chi connectivity index (χ4n) is 2.45. The second-order valence-corrected chi connectivity index (χ2v) is 5.81.